The minimum absolute atomic E-state index is 0.101. The van der Waals surface area contributed by atoms with Crippen molar-refractivity contribution < 1.29 is 4.79 Å². The molecular formula is C15H14N6O. The van der Waals surface area contributed by atoms with E-state index in [0.29, 0.717) is 18.8 Å². The number of carbonyl (C=O) groups is 1. The summed E-state index contributed by atoms with van der Waals surface area (Å²) in [6.45, 7) is 3.11. The second-order valence-corrected chi connectivity index (χ2v) is 5.35. The summed E-state index contributed by atoms with van der Waals surface area (Å²) in [5.41, 5.74) is 4.32. The van der Waals surface area contributed by atoms with Crippen molar-refractivity contribution in [3.05, 3.63) is 53.5 Å². The Morgan fingerprint density at radius 3 is 2.95 bits per heavy atom. The zero-order valence-electron chi connectivity index (χ0n) is 12.1. The first-order valence-corrected chi connectivity index (χ1v) is 7.11. The molecule has 4 heterocycles. The average molecular weight is 294 g/mol. The van der Waals surface area contributed by atoms with Crippen molar-refractivity contribution in [2.24, 2.45) is 0 Å². The summed E-state index contributed by atoms with van der Waals surface area (Å²) in [7, 11) is 0. The molecule has 0 saturated carbocycles. The van der Waals surface area contributed by atoms with Crippen LogP contribution in [0.5, 0.6) is 0 Å². The van der Waals surface area contributed by atoms with Crippen molar-refractivity contribution >= 4 is 11.6 Å². The van der Waals surface area contributed by atoms with Gasteiger partial charge in [0, 0.05) is 49.7 Å². The first-order valence-electron chi connectivity index (χ1n) is 7.11. The van der Waals surface area contributed by atoms with E-state index in [4.69, 9.17) is 0 Å². The number of nitrogens with zero attached hydrogens (tertiary/aromatic N) is 6. The number of aryl methyl sites for hydroxylation is 1. The van der Waals surface area contributed by atoms with Crippen LogP contribution in [0.4, 0.5) is 0 Å². The molecule has 1 aliphatic heterocycles. The molecule has 22 heavy (non-hydrogen) atoms. The van der Waals surface area contributed by atoms with Crippen molar-refractivity contribution in [1.29, 1.82) is 0 Å². The normalized spacial score (nSPS) is 14.1. The second kappa shape index (κ2) is 4.87. The number of amides is 1. The molecule has 7 nitrogen and oxygen atoms in total. The van der Waals surface area contributed by atoms with Gasteiger partial charge in [0.1, 0.15) is 5.69 Å². The molecule has 0 N–H and O–H groups in total. The minimum Gasteiger partial charge on any atom is -0.332 e. The summed E-state index contributed by atoms with van der Waals surface area (Å²) < 4.78 is 1.88. The minimum atomic E-state index is -0.101. The van der Waals surface area contributed by atoms with E-state index in [1.807, 2.05) is 23.7 Å². The highest BCUT2D eigenvalue weighted by molar-refractivity contribution is 5.92. The number of aromatic nitrogens is 5. The van der Waals surface area contributed by atoms with Crippen molar-refractivity contribution in [3.8, 4) is 0 Å². The van der Waals surface area contributed by atoms with E-state index in [0.717, 1.165) is 29.0 Å². The Labute approximate surface area is 126 Å². The monoisotopic (exact) mass is 294 g/mol. The van der Waals surface area contributed by atoms with Crippen molar-refractivity contribution in [1.82, 2.24) is 29.5 Å². The molecule has 0 aromatic carbocycles. The third kappa shape index (κ3) is 2.02. The van der Waals surface area contributed by atoms with E-state index in [2.05, 4.69) is 20.1 Å². The quantitative estimate of drug-likeness (QED) is 0.670. The molecule has 7 heteroatoms. The Balaban J connectivity index is 1.67. The number of hydrogen-bond acceptors (Lipinski definition) is 5. The van der Waals surface area contributed by atoms with Crippen LogP contribution in [0.15, 0.2) is 30.9 Å². The highest BCUT2D eigenvalue weighted by Gasteiger charge is 2.25. The van der Waals surface area contributed by atoms with Crippen LogP contribution < -0.4 is 0 Å². The van der Waals surface area contributed by atoms with Gasteiger partial charge in [0.25, 0.3) is 5.91 Å². The largest absolute Gasteiger partial charge is 0.332 e. The standard InChI is InChI=1S/C15H14N6O/c1-10-6-14-18-7-11-9-20(5-2-13(11)21(14)19-10)15(22)12-8-16-3-4-17-12/h3-4,6-8H,2,5,9H2,1H3. The van der Waals surface area contributed by atoms with E-state index in [1.165, 1.54) is 12.4 Å². The van der Waals surface area contributed by atoms with Gasteiger partial charge < -0.3 is 4.90 Å². The van der Waals surface area contributed by atoms with Gasteiger partial charge in [-0.3, -0.25) is 9.78 Å². The Morgan fingerprint density at radius 1 is 1.23 bits per heavy atom. The van der Waals surface area contributed by atoms with Crippen LogP contribution in [0.1, 0.15) is 27.4 Å². The first kappa shape index (κ1) is 12.9. The molecule has 4 rings (SSSR count). The zero-order valence-corrected chi connectivity index (χ0v) is 12.1. The van der Waals surface area contributed by atoms with Crippen LogP contribution in [-0.4, -0.2) is 41.9 Å². The SMILES string of the molecule is Cc1cc2ncc3c(n2n1)CCN(C(=O)c1cnccn1)C3. The van der Waals surface area contributed by atoms with Gasteiger partial charge in [0.05, 0.1) is 17.6 Å². The lowest BCUT2D eigenvalue weighted by Crippen LogP contribution is -2.37. The van der Waals surface area contributed by atoms with Crippen LogP contribution in [0.25, 0.3) is 5.65 Å². The molecule has 1 amide bonds. The Hall–Kier alpha value is -2.83. The number of carbonyl (C=O) groups excluding carboxylic acids is 1. The van der Waals surface area contributed by atoms with Crippen LogP contribution in [0.2, 0.25) is 0 Å². The molecule has 1 aliphatic rings. The van der Waals surface area contributed by atoms with Gasteiger partial charge >= 0.3 is 0 Å². The fraction of sp³-hybridized carbons (Fsp3) is 0.267. The number of rotatable bonds is 1. The highest BCUT2D eigenvalue weighted by Crippen LogP contribution is 2.20. The maximum atomic E-state index is 12.5. The smallest absolute Gasteiger partial charge is 0.274 e. The lowest BCUT2D eigenvalue weighted by molar-refractivity contribution is 0.0726. The molecule has 0 spiro atoms. The average Bonchev–Trinajstić information content (AvgIpc) is 2.95. The predicted octanol–water partition coefficient (Wildman–Crippen LogP) is 1.03. The molecule has 0 atom stereocenters. The highest BCUT2D eigenvalue weighted by atomic mass is 16.2. The Bertz CT molecular complexity index is 857. The molecule has 0 fully saturated rings. The summed E-state index contributed by atoms with van der Waals surface area (Å²) in [6.07, 6.45) is 7.17. The maximum absolute atomic E-state index is 12.5. The summed E-state index contributed by atoms with van der Waals surface area (Å²) in [6, 6.07) is 1.96. The molecule has 0 bridgehead atoms. The van der Waals surface area contributed by atoms with Gasteiger partial charge in [-0.05, 0) is 6.92 Å². The molecule has 0 saturated heterocycles. The predicted molar refractivity (Wildman–Crippen MR) is 78.2 cm³/mol. The second-order valence-electron chi connectivity index (χ2n) is 5.35. The third-order valence-electron chi connectivity index (χ3n) is 3.84. The van der Waals surface area contributed by atoms with Gasteiger partial charge in [-0.1, -0.05) is 0 Å². The maximum Gasteiger partial charge on any atom is 0.274 e. The Morgan fingerprint density at radius 2 is 2.14 bits per heavy atom. The fourth-order valence-corrected chi connectivity index (χ4v) is 2.80. The fourth-order valence-electron chi connectivity index (χ4n) is 2.80. The van der Waals surface area contributed by atoms with E-state index in [-0.39, 0.29) is 5.91 Å². The molecule has 0 unspecified atom stereocenters. The molecule has 3 aromatic rings. The molecule has 110 valence electrons. The lowest BCUT2D eigenvalue weighted by atomic mass is 10.1. The van der Waals surface area contributed by atoms with E-state index in [1.54, 1.807) is 11.1 Å². The first-order chi connectivity index (χ1) is 10.7. The van der Waals surface area contributed by atoms with Gasteiger partial charge in [0.15, 0.2) is 5.65 Å². The summed E-state index contributed by atoms with van der Waals surface area (Å²) in [4.78, 5) is 26.7. The summed E-state index contributed by atoms with van der Waals surface area (Å²) >= 11 is 0. The molecule has 0 radical (unpaired) electrons. The van der Waals surface area contributed by atoms with Gasteiger partial charge in [-0.2, -0.15) is 5.10 Å². The van der Waals surface area contributed by atoms with Crippen molar-refractivity contribution in [2.45, 2.75) is 19.9 Å². The topological polar surface area (TPSA) is 76.3 Å². The molecule has 3 aromatic heterocycles. The Kier molecular flexibility index (Phi) is 2.85. The van der Waals surface area contributed by atoms with E-state index >= 15 is 0 Å². The van der Waals surface area contributed by atoms with Crippen molar-refractivity contribution in [2.75, 3.05) is 6.54 Å². The molecule has 0 aliphatic carbocycles. The zero-order chi connectivity index (χ0) is 15.1. The van der Waals surface area contributed by atoms with Gasteiger partial charge in [0.2, 0.25) is 0 Å². The summed E-state index contributed by atoms with van der Waals surface area (Å²) in [5, 5.41) is 4.48. The van der Waals surface area contributed by atoms with Gasteiger partial charge in [-0.15, -0.1) is 0 Å². The summed E-state index contributed by atoms with van der Waals surface area (Å²) in [5.74, 6) is -0.101. The van der Waals surface area contributed by atoms with E-state index < -0.39 is 0 Å². The number of fused-ring (bicyclic) bond motifs is 3. The van der Waals surface area contributed by atoms with Crippen molar-refractivity contribution in [3.63, 3.8) is 0 Å². The third-order valence-corrected chi connectivity index (χ3v) is 3.84. The van der Waals surface area contributed by atoms with Crippen LogP contribution in [-0.2, 0) is 13.0 Å². The van der Waals surface area contributed by atoms with Crippen LogP contribution >= 0.6 is 0 Å². The number of hydrogen-bond donors (Lipinski definition) is 0. The van der Waals surface area contributed by atoms with Crippen LogP contribution in [0.3, 0.4) is 0 Å². The molecular weight excluding hydrogens is 280 g/mol. The lowest BCUT2D eigenvalue weighted by Gasteiger charge is -2.28. The van der Waals surface area contributed by atoms with E-state index in [9.17, 15) is 4.79 Å². The van der Waals surface area contributed by atoms with Gasteiger partial charge in [-0.25, -0.2) is 14.5 Å². The van der Waals surface area contributed by atoms with Crippen LogP contribution in [0, 0.1) is 6.92 Å².